The Labute approximate surface area is 309 Å². The molecule has 0 aliphatic carbocycles. The number of alkyl carbamates (subject to hydrolysis) is 1. The quantitative estimate of drug-likeness (QED) is 0.136. The number of nitrogens with one attached hydrogen (secondary N) is 2. The Morgan fingerprint density at radius 1 is 0.870 bits per heavy atom. The Hall–Kier alpha value is -6.78. The summed E-state index contributed by atoms with van der Waals surface area (Å²) in [6.45, 7) is 3.78. The zero-order chi connectivity index (χ0) is 38.5. The molecule has 0 saturated heterocycles. The minimum atomic E-state index is -0.754. The zero-order valence-electron chi connectivity index (χ0n) is 30.8. The smallest absolute Gasteiger partial charge is 0.407 e. The van der Waals surface area contributed by atoms with E-state index >= 15 is 0 Å². The van der Waals surface area contributed by atoms with Crippen molar-refractivity contribution in [1.82, 2.24) is 40.2 Å². The molecule has 2 aromatic carbocycles. The number of hydrogen-bond donors (Lipinski definition) is 3. The molecule has 282 valence electrons. The van der Waals surface area contributed by atoms with Gasteiger partial charge < -0.3 is 43.8 Å². The molecule has 6 aromatic rings. The zero-order valence-corrected chi connectivity index (χ0v) is 30.8. The Kier molecular flexibility index (Phi) is 10.9. The summed E-state index contributed by atoms with van der Waals surface area (Å²) in [5.41, 5.74) is 3.08. The maximum absolute atomic E-state index is 13.7. The van der Waals surface area contributed by atoms with Crippen LogP contribution in [0.5, 0.6) is 28.7 Å². The van der Waals surface area contributed by atoms with Crippen LogP contribution in [0.4, 0.5) is 4.79 Å². The molecule has 4 aromatic heterocycles. The number of ether oxygens (including phenoxy) is 5. The van der Waals surface area contributed by atoms with Crippen molar-refractivity contribution >= 4 is 22.9 Å². The van der Waals surface area contributed by atoms with E-state index in [0.29, 0.717) is 51.7 Å². The number of benzene rings is 2. The number of oxazole rings is 1. The van der Waals surface area contributed by atoms with E-state index in [2.05, 4.69) is 20.8 Å². The first-order valence-corrected chi connectivity index (χ1v) is 16.8. The van der Waals surface area contributed by atoms with Gasteiger partial charge in [0.1, 0.15) is 52.4 Å². The van der Waals surface area contributed by atoms with Crippen molar-refractivity contribution in [2.75, 3.05) is 28.4 Å². The van der Waals surface area contributed by atoms with Gasteiger partial charge in [0.15, 0.2) is 17.2 Å². The lowest BCUT2D eigenvalue weighted by Gasteiger charge is -2.12. The van der Waals surface area contributed by atoms with Gasteiger partial charge in [-0.3, -0.25) is 14.2 Å². The fourth-order valence-corrected chi connectivity index (χ4v) is 5.79. The highest BCUT2D eigenvalue weighted by molar-refractivity contribution is 6.00. The average Bonchev–Trinajstić information content (AvgIpc) is 3.88. The van der Waals surface area contributed by atoms with Crippen LogP contribution in [0.15, 0.2) is 53.1 Å². The van der Waals surface area contributed by atoms with Gasteiger partial charge >= 0.3 is 6.09 Å². The number of rotatable bonds is 14. The van der Waals surface area contributed by atoms with E-state index in [1.807, 2.05) is 6.92 Å². The van der Waals surface area contributed by atoms with Crippen molar-refractivity contribution in [3.8, 4) is 51.7 Å². The number of aromatic nitrogens is 6. The van der Waals surface area contributed by atoms with Gasteiger partial charge in [0.05, 0.1) is 46.7 Å². The van der Waals surface area contributed by atoms with E-state index in [1.54, 1.807) is 86.2 Å². The summed E-state index contributed by atoms with van der Waals surface area (Å²) in [6.07, 6.45) is 0.845. The lowest BCUT2D eigenvalue weighted by Crippen LogP contribution is -2.25. The van der Waals surface area contributed by atoms with Crippen molar-refractivity contribution in [3.05, 3.63) is 76.9 Å². The van der Waals surface area contributed by atoms with Gasteiger partial charge in [0, 0.05) is 48.8 Å². The highest BCUT2D eigenvalue weighted by Crippen LogP contribution is 2.37. The standard InChI is InChI=1S/C37H40N8O9/c1-8-45-33(34(46)20(2)43-45)36-42-32(30(54-36)18-39-37(48)53-19-22-10-12-24(50-5)14-29(22)52-7)31-25-17-40-44(3)27(25)15-26(41-31)35(47)38-16-21-9-11-23(49-4)13-28(21)51-6/h9-15,17,46H,8,16,18-19H2,1-7H3,(H,38,47)(H,39,48). The molecule has 0 radical (unpaired) electrons. The lowest BCUT2D eigenvalue weighted by molar-refractivity contribution is 0.0945. The monoisotopic (exact) mass is 740 g/mol. The first-order valence-electron chi connectivity index (χ1n) is 16.8. The van der Waals surface area contributed by atoms with Gasteiger partial charge in [-0.25, -0.2) is 14.8 Å². The van der Waals surface area contributed by atoms with Crippen LogP contribution in [0.3, 0.4) is 0 Å². The number of methoxy groups -OCH3 is 4. The normalized spacial score (nSPS) is 11.0. The van der Waals surface area contributed by atoms with Gasteiger partial charge in [-0.05, 0) is 44.2 Å². The van der Waals surface area contributed by atoms with Crippen molar-refractivity contribution < 1.29 is 42.8 Å². The number of hydrogen-bond acceptors (Lipinski definition) is 13. The van der Waals surface area contributed by atoms with Crippen LogP contribution in [-0.2, 0) is 38.0 Å². The Balaban J connectivity index is 1.34. The molecule has 3 N–H and O–H groups in total. The molecule has 17 nitrogen and oxygen atoms in total. The van der Waals surface area contributed by atoms with Gasteiger partial charge in [-0.1, -0.05) is 0 Å². The summed E-state index contributed by atoms with van der Waals surface area (Å²) in [5, 5.41) is 25.9. The predicted octanol–water partition coefficient (Wildman–Crippen LogP) is 4.91. The molecule has 0 aliphatic rings. The van der Waals surface area contributed by atoms with Crippen LogP contribution in [-0.4, -0.2) is 75.1 Å². The lowest BCUT2D eigenvalue weighted by atomic mass is 10.1. The van der Waals surface area contributed by atoms with E-state index in [0.717, 1.165) is 5.56 Å². The van der Waals surface area contributed by atoms with Gasteiger partial charge in [0.25, 0.3) is 5.91 Å². The maximum atomic E-state index is 13.7. The van der Waals surface area contributed by atoms with Crippen LogP contribution in [0, 0.1) is 6.92 Å². The molecular formula is C37H40N8O9. The summed E-state index contributed by atoms with van der Waals surface area (Å²) in [4.78, 5) is 36.2. The second-order valence-electron chi connectivity index (χ2n) is 11.9. The van der Waals surface area contributed by atoms with E-state index < -0.39 is 12.0 Å². The number of carbonyl (C=O) groups is 2. The predicted molar refractivity (Wildman–Crippen MR) is 195 cm³/mol. The highest BCUT2D eigenvalue weighted by Gasteiger charge is 2.27. The molecule has 6 rings (SSSR count). The number of aryl methyl sites for hydroxylation is 3. The molecule has 2 amide bonds. The Morgan fingerprint density at radius 3 is 2.22 bits per heavy atom. The summed E-state index contributed by atoms with van der Waals surface area (Å²) >= 11 is 0. The molecular weight excluding hydrogens is 700 g/mol. The molecule has 54 heavy (non-hydrogen) atoms. The Bertz CT molecular complexity index is 2330. The SMILES string of the molecule is CCn1nc(C)c(O)c1-c1nc(-c2nc(C(=O)NCc3ccc(OC)cc3OC)cc3c2cnn3C)c(CNC(=O)OCc2ccc(OC)cc2OC)o1. The van der Waals surface area contributed by atoms with Crippen molar-refractivity contribution in [2.45, 2.75) is 40.1 Å². The molecule has 0 bridgehead atoms. The van der Waals surface area contributed by atoms with Crippen LogP contribution < -0.4 is 29.6 Å². The second kappa shape index (κ2) is 15.9. The minimum absolute atomic E-state index is 0.0263. The molecule has 0 unspecified atom stereocenters. The first kappa shape index (κ1) is 37.0. The van der Waals surface area contributed by atoms with Crippen molar-refractivity contribution in [1.29, 1.82) is 0 Å². The topological polar surface area (TPSA) is 199 Å². The van der Waals surface area contributed by atoms with E-state index in [9.17, 15) is 14.7 Å². The fourth-order valence-electron chi connectivity index (χ4n) is 5.79. The summed E-state index contributed by atoms with van der Waals surface area (Å²) in [5.74, 6) is 1.85. The fraction of sp³-hybridized carbons (Fsp3) is 0.297. The molecule has 0 atom stereocenters. The average molecular weight is 741 g/mol. The number of fused-ring (bicyclic) bond motifs is 1. The van der Waals surface area contributed by atoms with Gasteiger partial charge in [-0.15, -0.1) is 0 Å². The maximum Gasteiger partial charge on any atom is 0.407 e. The minimum Gasteiger partial charge on any atom is -0.504 e. The van der Waals surface area contributed by atoms with E-state index in [-0.39, 0.29) is 59.9 Å². The summed E-state index contributed by atoms with van der Waals surface area (Å²) < 4.78 is 36.3. The third-order valence-electron chi connectivity index (χ3n) is 8.68. The largest absolute Gasteiger partial charge is 0.504 e. The third-order valence-corrected chi connectivity index (χ3v) is 8.68. The van der Waals surface area contributed by atoms with Gasteiger partial charge in [-0.2, -0.15) is 10.2 Å². The molecule has 4 heterocycles. The second-order valence-corrected chi connectivity index (χ2v) is 11.9. The summed E-state index contributed by atoms with van der Waals surface area (Å²) in [7, 11) is 7.88. The third kappa shape index (κ3) is 7.41. The number of amides is 2. The number of pyridine rings is 1. The van der Waals surface area contributed by atoms with E-state index in [1.165, 1.54) is 14.2 Å². The number of aromatic hydroxyl groups is 1. The van der Waals surface area contributed by atoms with Crippen molar-refractivity contribution in [2.24, 2.45) is 7.05 Å². The number of nitrogens with zero attached hydrogens (tertiary/aromatic N) is 6. The first-order chi connectivity index (χ1) is 26.1. The Morgan fingerprint density at radius 2 is 1.56 bits per heavy atom. The number of carbonyl (C=O) groups excluding carboxylic acids is 2. The van der Waals surface area contributed by atoms with Crippen LogP contribution in [0.1, 0.15) is 40.0 Å². The molecule has 0 spiro atoms. The highest BCUT2D eigenvalue weighted by atomic mass is 16.5. The molecule has 0 saturated carbocycles. The molecule has 17 heteroatoms. The van der Waals surface area contributed by atoms with Crippen LogP contribution >= 0.6 is 0 Å². The van der Waals surface area contributed by atoms with Crippen LogP contribution in [0.2, 0.25) is 0 Å². The summed E-state index contributed by atoms with van der Waals surface area (Å²) in [6, 6.07) is 12.1. The van der Waals surface area contributed by atoms with E-state index in [4.69, 9.17) is 38.1 Å². The van der Waals surface area contributed by atoms with Gasteiger partial charge in [0.2, 0.25) is 5.89 Å². The molecule has 0 fully saturated rings. The molecule has 0 aliphatic heterocycles. The van der Waals surface area contributed by atoms with Crippen molar-refractivity contribution in [3.63, 3.8) is 0 Å². The van der Waals surface area contributed by atoms with Crippen LogP contribution in [0.25, 0.3) is 33.9 Å².